The summed E-state index contributed by atoms with van der Waals surface area (Å²) in [6, 6.07) is 3.78. The van der Waals surface area contributed by atoms with Gasteiger partial charge < -0.3 is 18.8 Å². The Morgan fingerprint density at radius 2 is 2.05 bits per heavy atom. The van der Waals surface area contributed by atoms with Crippen LogP contribution in [0.2, 0.25) is 0 Å². The number of furan rings is 1. The van der Waals surface area contributed by atoms with Gasteiger partial charge in [-0.1, -0.05) is 0 Å². The van der Waals surface area contributed by atoms with Crippen LogP contribution in [0.1, 0.15) is 52.4 Å². The summed E-state index contributed by atoms with van der Waals surface area (Å²) < 4.78 is 16.7. The van der Waals surface area contributed by atoms with Crippen LogP contribution in [0.4, 0.5) is 4.79 Å². The average molecular weight is 295 g/mol. The van der Waals surface area contributed by atoms with E-state index < -0.39 is 5.60 Å². The van der Waals surface area contributed by atoms with E-state index in [0.717, 1.165) is 18.6 Å². The minimum atomic E-state index is -0.446. The average Bonchev–Trinajstić information content (AvgIpc) is 2.91. The molecule has 0 saturated carbocycles. The van der Waals surface area contributed by atoms with Crippen molar-refractivity contribution >= 4 is 6.09 Å². The van der Waals surface area contributed by atoms with Crippen LogP contribution < -0.4 is 0 Å². The lowest BCUT2D eigenvalue weighted by atomic mass is 10.1. The summed E-state index contributed by atoms with van der Waals surface area (Å²) in [4.78, 5) is 13.7. The fraction of sp³-hybridized carbons (Fsp3) is 0.688. The zero-order valence-electron chi connectivity index (χ0n) is 13.3. The Morgan fingerprint density at radius 1 is 1.38 bits per heavy atom. The van der Waals surface area contributed by atoms with Crippen molar-refractivity contribution in [3.05, 3.63) is 24.2 Å². The third kappa shape index (κ3) is 4.77. The molecule has 0 unspecified atom stereocenters. The van der Waals surface area contributed by atoms with Gasteiger partial charge in [0, 0.05) is 13.1 Å². The first-order valence-electron chi connectivity index (χ1n) is 7.52. The number of amides is 1. The summed E-state index contributed by atoms with van der Waals surface area (Å²) in [6.45, 7) is 8.97. The summed E-state index contributed by atoms with van der Waals surface area (Å²) in [5.74, 6) is 0.838. The Hall–Kier alpha value is -1.49. The van der Waals surface area contributed by atoms with Crippen molar-refractivity contribution in [2.45, 2.75) is 58.3 Å². The molecule has 0 bridgehead atoms. The molecule has 118 valence electrons. The van der Waals surface area contributed by atoms with Gasteiger partial charge in [0.1, 0.15) is 17.5 Å². The van der Waals surface area contributed by atoms with Crippen molar-refractivity contribution in [3.8, 4) is 0 Å². The van der Waals surface area contributed by atoms with Crippen molar-refractivity contribution in [2.75, 3.05) is 13.1 Å². The number of nitrogens with zero attached hydrogens (tertiary/aromatic N) is 1. The van der Waals surface area contributed by atoms with Crippen LogP contribution in [0.25, 0.3) is 0 Å². The van der Waals surface area contributed by atoms with Crippen molar-refractivity contribution in [2.24, 2.45) is 0 Å². The Balaban J connectivity index is 1.77. The SMILES string of the molecule is C[C@@H](OC1CCN(C(=O)OC(C)(C)C)CC1)c1ccco1. The van der Waals surface area contributed by atoms with Crippen LogP contribution in [0.15, 0.2) is 22.8 Å². The number of carbonyl (C=O) groups excluding carboxylic acids is 1. The van der Waals surface area contributed by atoms with E-state index in [2.05, 4.69) is 0 Å². The minimum absolute atomic E-state index is 0.0573. The smallest absolute Gasteiger partial charge is 0.410 e. The Bertz CT molecular complexity index is 441. The molecular weight excluding hydrogens is 270 g/mol. The third-order valence-corrected chi connectivity index (χ3v) is 3.43. The zero-order valence-corrected chi connectivity index (χ0v) is 13.3. The van der Waals surface area contributed by atoms with Gasteiger partial charge in [0.25, 0.3) is 0 Å². The quantitative estimate of drug-likeness (QED) is 0.852. The van der Waals surface area contributed by atoms with E-state index in [4.69, 9.17) is 13.9 Å². The second kappa shape index (κ2) is 6.52. The molecule has 1 fully saturated rings. The first-order valence-corrected chi connectivity index (χ1v) is 7.52. The molecule has 5 nitrogen and oxygen atoms in total. The zero-order chi connectivity index (χ0) is 15.5. The summed E-state index contributed by atoms with van der Waals surface area (Å²) >= 11 is 0. The van der Waals surface area contributed by atoms with Gasteiger partial charge in [-0.15, -0.1) is 0 Å². The van der Waals surface area contributed by atoms with Crippen LogP contribution in [0.3, 0.4) is 0 Å². The Labute approximate surface area is 126 Å². The number of hydrogen-bond acceptors (Lipinski definition) is 4. The predicted octanol–water partition coefficient (Wildman–Crippen LogP) is 3.76. The van der Waals surface area contributed by atoms with Crippen LogP contribution in [0, 0.1) is 0 Å². The summed E-state index contributed by atoms with van der Waals surface area (Å²) in [5.41, 5.74) is -0.446. The van der Waals surface area contributed by atoms with E-state index in [1.807, 2.05) is 39.8 Å². The largest absolute Gasteiger partial charge is 0.467 e. The molecule has 1 aromatic heterocycles. The summed E-state index contributed by atoms with van der Waals surface area (Å²) in [6.07, 6.45) is 3.16. The number of likely N-dealkylation sites (tertiary alicyclic amines) is 1. The molecule has 1 saturated heterocycles. The van der Waals surface area contributed by atoms with Crippen LogP contribution in [-0.2, 0) is 9.47 Å². The van der Waals surface area contributed by atoms with E-state index in [0.29, 0.717) is 13.1 Å². The first-order chi connectivity index (χ1) is 9.85. The Morgan fingerprint density at radius 3 is 2.57 bits per heavy atom. The molecule has 1 amide bonds. The van der Waals surface area contributed by atoms with Gasteiger partial charge in [0.15, 0.2) is 0 Å². The van der Waals surface area contributed by atoms with Gasteiger partial charge >= 0.3 is 6.09 Å². The minimum Gasteiger partial charge on any atom is -0.467 e. The molecule has 0 spiro atoms. The monoisotopic (exact) mass is 295 g/mol. The molecular formula is C16H25NO4. The summed E-state index contributed by atoms with van der Waals surface area (Å²) in [7, 11) is 0. The lowest BCUT2D eigenvalue weighted by Gasteiger charge is -2.34. The molecule has 2 rings (SSSR count). The van der Waals surface area contributed by atoms with Crippen LogP contribution >= 0.6 is 0 Å². The number of hydrogen-bond donors (Lipinski definition) is 0. The highest BCUT2D eigenvalue weighted by molar-refractivity contribution is 5.68. The maximum atomic E-state index is 12.0. The lowest BCUT2D eigenvalue weighted by molar-refractivity contribution is -0.0476. The maximum absolute atomic E-state index is 12.0. The molecule has 0 aliphatic carbocycles. The summed E-state index contributed by atoms with van der Waals surface area (Å²) in [5, 5.41) is 0. The predicted molar refractivity (Wildman–Crippen MR) is 79.0 cm³/mol. The van der Waals surface area contributed by atoms with Crippen LogP contribution in [-0.4, -0.2) is 35.8 Å². The topological polar surface area (TPSA) is 51.9 Å². The Kier molecular flexibility index (Phi) is 4.93. The van der Waals surface area contributed by atoms with Crippen molar-refractivity contribution in [3.63, 3.8) is 0 Å². The number of rotatable bonds is 3. The molecule has 1 atom stereocenters. The number of piperidine rings is 1. The lowest BCUT2D eigenvalue weighted by Crippen LogP contribution is -2.43. The van der Waals surface area contributed by atoms with Gasteiger partial charge in [0.2, 0.25) is 0 Å². The van der Waals surface area contributed by atoms with Gasteiger partial charge in [-0.05, 0) is 52.7 Å². The van der Waals surface area contributed by atoms with Crippen molar-refractivity contribution in [1.29, 1.82) is 0 Å². The first kappa shape index (κ1) is 15.9. The highest BCUT2D eigenvalue weighted by Crippen LogP contribution is 2.24. The molecule has 1 aromatic rings. The standard InChI is InChI=1S/C16H25NO4/c1-12(14-6-5-11-19-14)20-13-7-9-17(10-8-13)15(18)21-16(2,3)4/h5-6,11-13H,7-10H2,1-4H3/t12-/m1/s1. The normalized spacial score (nSPS) is 18.6. The molecule has 2 heterocycles. The van der Waals surface area contributed by atoms with E-state index >= 15 is 0 Å². The van der Waals surface area contributed by atoms with E-state index in [1.165, 1.54) is 0 Å². The van der Waals surface area contributed by atoms with Crippen molar-refractivity contribution in [1.82, 2.24) is 4.90 Å². The van der Waals surface area contributed by atoms with E-state index in [1.54, 1.807) is 11.2 Å². The van der Waals surface area contributed by atoms with Gasteiger partial charge in [-0.25, -0.2) is 4.79 Å². The van der Waals surface area contributed by atoms with Gasteiger partial charge in [-0.2, -0.15) is 0 Å². The molecule has 0 N–H and O–H groups in total. The molecule has 1 aliphatic rings. The van der Waals surface area contributed by atoms with Crippen LogP contribution in [0.5, 0.6) is 0 Å². The molecule has 5 heteroatoms. The van der Waals surface area contributed by atoms with E-state index in [-0.39, 0.29) is 18.3 Å². The van der Waals surface area contributed by atoms with Gasteiger partial charge in [0.05, 0.1) is 12.4 Å². The second-order valence-electron chi connectivity index (χ2n) is 6.46. The molecule has 1 aliphatic heterocycles. The molecule has 21 heavy (non-hydrogen) atoms. The second-order valence-corrected chi connectivity index (χ2v) is 6.46. The maximum Gasteiger partial charge on any atom is 0.410 e. The van der Waals surface area contributed by atoms with Gasteiger partial charge in [-0.3, -0.25) is 0 Å². The van der Waals surface area contributed by atoms with E-state index in [9.17, 15) is 4.79 Å². The highest BCUT2D eigenvalue weighted by atomic mass is 16.6. The highest BCUT2D eigenvalue weighted by Gasteiger charge is 2.28. The van der Waals surface area contributed by atoms with Crippen molar-refractivity contribution < 1.29 is 18.7 Å². The third-order valence-electron chi connectivity index (χ3n) is 3.43. The fourth-order valence-corrected chi connectivity index (χ4v) is 2.38. The number of carbonyl (C=O) groups is 1. The number of ether oxygens (including phenoxy) is 2. The fourth-order valence-electron chi connectivity index (χ4n) is 2.38. The molecule has 0 aromatic carbocycles. The molecule has 0 radical (unpaired) electrons.